The first-order chi connectivity index (χ1) is 13.9. The van der Waals surface area contributed by atoms with Crippen LogP contribution in [0.2, 0.25) is 0 Å². The molecule has 0 fully saturated rings. The van der Waals surface area contributed by atoms with Gasteiger partial charge < -0.3 is 10.1 Å². The number of anilines is 1. The van der Waals surface area contributed by atoms with Gasteiger partial charge in [-0.2, -0.15) is 0 Å². The van der Waals surface area contributed by atoms with Gasteiger partial charge in [0.2, 0.25) is 0 Å². The lowest BCUT2D eigenvalue weighted by Crippen LogP contribution is -2.35. The second-order valence-electron chi connectivity index (χ2n) is 8.06. The van der Waals surface area contributed by atoms with Crippen LogP contribution in [0.5, 0.6) is 0 Å². The van der Waals surface area contributed by atoms with E-state index < -0.39 is 6.09 Å². The molecule has 2 aliphatic rings. The fourth-order valence-electron chi connectivity index (χ4n) is 3.08. The van der Waals surface area contributed by atoms with Crippen LogP contribution in [0.1, 0.15) is 39.7 Å². The van der Waals surface area contributed by atoms with Crippen molar-refractivity contribution < 1.29 is 9.53 Å². The maximum Gasteiger partial charge on any atom is 0.411 e. The molecule has 5 nitrogen and oxygen atoms in total. The van der Waals surface area contributed by atoms with E-state index in [0.717, 1.165) is 40.7 Å². The Hall–Kier alpha value is -2.92. The first-order valence-electron chi connectivity index (χ1n) is 10.0. The predicted molar refractivity (Wildman–Crippen MR) is 119 cm³/mol. The zero-order valence-corrected chi connectivity index (χ0v) is 17.6. The Morgan fingerprint density at radius 3 is 2.69 bits per heavy atom. The fourth-order valence-corrected chi connectivity index (χ4v) is 3.08. The highest BCUT2D eigenvalue weighted by atomic mass is 16.5. The Kier molecular flexibility index (Phi) is 6.49. The van der Waals surface area contributed by atoms with Gasteiger partial charge in [-0.05, 0) is 44.9 Å². The summed E-state index contributed by atoms with van der Waals surface area (Å²) in [7, 11) is 0. The number of hydrogen-bond acceptors (Lipinski definition) is 4. The van der Waals surface area contributed by atoms with Gasteiger partial charge in [0.05, 0.1) is 11.2 Å². The Bertz CT molecular complexity index is 989. The van der Waals surface area contributed by atoms with E-state index in [1.807, 2.05) is 43.3 Å². The largest absolute Gasteiger partial charge is 0.445 e. The summed E-state index contributed by atoms with van der Waals surface area (Å²) in [6, 6.07) is 14.0. The minimum absolute atomic E-state index is 0.0321. The second-order valence-corrected chi connectivity index (χ2v) is 8.06. The van der Waals surface area contributed by atoms with Crippen molar-refractivity contribution in [3.8, 4) is 11.3 Å². The molecule has 0 aromatic heterocycles. The van der Waals surface area contributed by atoms with E-state index in [1.54, 1.807) is 0 Å². The van der Waals surface area contributed by atoms with Crippen LogP contribution in [0.3, 0.4) is 0 Å². The highest BCUT2D eigenvalue weighted by Gasteiger charge is 2.16. The molecule has 3 rings (SSSR count). The van der Waals surface area contributed by atoms with E-state index in [0.29, 0.717) is 5.69 Å². The number of aromatic nitrogens is 1. The molecule has 1 aromatic carbocycles. The Labute approximate surface area is 172 Å². The molecule has 0 saturated heterocycles. The molecule has 1 aliphatic carbocycles. The number of para-hydroxylation sites is 1. The molecule has 1 amide bonds. The third kappa shape index (κ3) is 5.55. The molecule has 1 aromatic rings. The summed E-state index contributed by atoms with van der Waals surface area (Å²) in [5.41, 5.74) is 4.74. The molecule has 152 valence electrons. The Morgan fingerprint density at radius 1 is 1.14 bits per heavy atom. The molecule has 1 aliphatic heterocycles. The number of nitrogens with zero attached hydrogens (tertiary/aromatic N) is 1. The van der Waals surface area contributed by atoms with Crippen LogP contribution in [0.15, 0.2) is 54.6 Å². The van der Waals surface area contributed by atoms with Crippen molar-refractivity contribution >= 4 is 22.7 Å². The summed E-state index contributed by atoms with van der Waals surface area (Å²) in [4.78, 5) is 16.9. The molecule has 0 bridgehead atoms. The van der Waals surface area contributed by atoms with Crippen LogP contribution in [0.25, 0.3) is 22.2 Å². The third-order valence-electron chi connectivity index (χ3n) is 4.52. The quantitative estimate of drug-likeness (QED) is 0.526. The van der Waals surface area contributed by atoms with Gasteiger partial charge in [-0.3, -0.25) is 5.32 Å². The number of amides is 1. The monoisotopic (exact) mass is 391 g/mol. The summed E-state index contributed by atoms with van der Waals surface area (Å²) in [6.07, 6.45) is 4.24. The van der Waals surface area contributed by atoms with Crippen molar-refractivity contribution in [1.82, 2.24) is 10.3 Å². The summed E-state index contributed by atoms with van der Waals surface area (Å²) in [5, 5.41) is 7.43. The molecule has 0 saturated carbocycles. The summed E-state index contributed by atoms with van der Waals surface area (Å²) in [6.45, 7) is 9.49. The number of allylic oxidation sites excluding steroid dienone is 1. The zero-order chi connectivity index (χ0) is 20.9. The van der Waals surface area contributed by atoms with Gasteiger partial charge in [0.1, 0.15) is 6.61 Å². The van der Waals surface area contributed by atoms with Gasteiger partial charge in [0.15, 0.2) is 0 Å². The highest BCUT2D eigenvalue weighted by molar-refractivity contribution is 5.99. The average Bonchev–Trinajstić information content (AvgIpc) is 2.88. The van der Waals surface area contributed by atoms with Gasteiger partial charge in [-0.25, -0.2) is 9.78 Å². The SMILES string of the molecule is CCC=CCOC(=O)Nc1cccc2c3cccc(CNC(C)(C)C)c3nc-2c1. The summed E-state index contributed by atoms with van der Waals surface area (Å²) < 4.78 is 5.17. The normalized spacial score (nSPS) is 12.0. The molecule has 0 unspecified atom stereocenters. The number of ether oxygens (including phenoxy) is 1. The lowest BCUT2D eigenvalue weighted by atomic mass is 10.1. The molecule has 5 heteroatoms. The average molecular weight is 392 g/mol. The number of benzene rings is 1. The van der Waals surface area contributed by atoms with Gasteiger partial charge in [0.25, 0.3) is 0 Å². The number of nitrogens with one attached hydrogen (secondary N) is 2. The van der Waals surface area contributed by atoms with Gasteiger partial charge in [0, 0.05) is 28.7 Å². The maximum absolute atomic E-state index is 12.0. The smallest absolute Gasteiger partial charge is 0.411 e. The number of carbonyl (C=O) groups excluding carboxylic acids is 1. The standard InChI is InChI=1S/C24H29N3O2/c1-5-6-7-14-29-23(28)26-18-11-9-12-19-20-13-8-10-17(16-25-24(2,3)4)22(20)27-21(19)15-18/h6-13,15,25H,5,14,16H2,1-4H3,(H,26,28). The minimum atomic E-state index is -0.476. The fraction of sp³-hybridized carbons (Fsp3) is 0.333. The van der Waals surface area contributed by atoms with Crippen LogP contribution in [0, 0.1) is 0 Å². The number of hydrogen-bond donors (Lipinski definition) is 2. The van der Waals surface area contributed by atoms with E-state index in [4.69, 9.17) is 9.72 Å². The zero-order valence-electron chi connectivity index (χ0n) is 17.6. The number of fused-ring (bicyclic) bond motifs is 3. The van der Waals surface area contributed by atoms with Crippen molar-refractivity contribution in [2.45, 2.75) is 46.2 Å². The van der Waals surface area contributed by atoms with Crippen LogP contribution in [0.4, 0.5) is 10.5 Å². The first-order valence-corrected chi connectivity index (χ1v) is 10.0. The maximum atomic E-state index is 12.0. The Morgan fingerprint density at radius 2 is 1.93 bits per heavy atom. The third-order valence-corrected chi connectivity index (χ3v) is 4.52. The van der Waals surface area contributed by atoms with E-state index in [-0.39, 0.29) is 12.1 Å². The van der Waals surface area contributed by atoms with Gasteiger partial charge in [-0.1, -0.05) is 49.4 Å². The molecule has 29 heavy (non-hydrogen) atoms. The number of carbonyl (C=O) groups is 1. The van der Waals surface area contributed by atoms with Crippen molar-refractivity contribution in [1.29, 1.82) is 0 Å². The Balaban J connectivity index is 1.85. The second kappa shape index (κ2) is 9.05. The summed E-state index contributed by atoms with van der Waals surface area (Å²) >= 11 is 0. The molecular formula is C24H29N3O2. The molecule has 2 N–H and O–H groups in total. The lowest BCUT2D eigenvalue weighted by molar-refractivity contribution is 0.174. The van der Waals surface area contributed by atoms with Crippen LogP contribution in [-0.2, 0) is 11.3 Å². The highest BCUT2D eigenvalue weighted by Crippen LogP contribution is 2.33. The van der Waals surface area contributed by atoms with Gasteiger partial charge >= 0.3 is 6.09 Å². The van der Waals surface area contributed by atoms with Crippen molar-refractivity contribution in [2.75, 3.05) is 11.9 Å². The first kappa shape index (κ1) is 20.8. The molecule has 0 atom stereocenters. The summed E-state index contributed by atoms with van der Waals surface area (Å²) in [5.74, 6) is 0. The molecule has 0 spiro atoms. The topological polar surface area (TPSA) is 63.2 Å². The van der Waals surface area contributed by atoms with Crippen molar-refractivity contribution in [2.24, 2.45) is 0 Å². The van der Waals surface area contributed by atoms with E-state index in [1.165, 1.54) is 0 Å². The predicted octanol–water partition coefficient (Wildman–Crippen LogP) is 5.74. The molecular weight excluding hydrogens is 362 g/mol. The lowest BCUT2D eigenvalue weighted by Gasteiger charge is -2.20. The van der Waals surface area contributed by atoms with Crippen molar-refractivity contribution in [3.05, 3.63) is 60.2 Å². The van der Waals surface area contributed by atoms with E-state index >= 15 is 0 Å². The number of rotatable bonds is 6. The van der Waals surface area contributed by atoms with Crippen LogP contribution < -0.4 is 10.6 Å². The van der Waals surface area contributed by atoms with Crippen LogP contribution >= 0.6 is 0 Å². The van der Waals surface area contributed by atoms with E-state index in [2.05, 4.69) is 49.6 Å². The van der Waals surface area contributed by atoms with Crippen molar-refractivity contribution in [3.63, 3.8) is 0 Å². The van der Waals surface area contributed by atoms with E-state index in [9.17, 15) is 4.79 Å². The van der Waals surface area contributed by atoms with Crippen LogP contribution in [-0.4, -0.2) is 23.2 Å². The van der Waals surface area contributed by atoms with Gasteiger partial charge in [-0.15, -0.1) is 0 Å². The molecule has 0 radical (unpaired) electrons. The molecule has 1 heterocycles. The minimum Gasteiger partial charge on any atom is -0.445 e.